The molecule has 0 aromatic heterocycles. The third kappa shape index (κ3) is 1470. The monoisotopic (exact) mass is 3440 g/mol. The van der Waals surface area contributed by atoms with E-state index in [0.29, 0.717) is 0 Å². The predicted molar refractivity (Wildman–Crippen MR) is 54.3 cm³/mol. The maximum atomic E-state index is 8.72. The van der Waals surface area contributed by atoms with Crippen molar-refractivity contribution in [3.8, 4) is 0 Å². The fraction of sp³-hybridized carbons (Fsp3) is 0. The molecule has 0 aliphatic heterocycles. The Morgan fingerprint density at radius 1 is 0.239 bits per heavy atom. The van der Waals surface area contributed by atoms with Gasteiger partial charge in [-0.1, -0.05) is 0 Å². The molecule has 0 unspecified atom stereocenters. The summed E-state index contributed by atoms with van der Waals surface area (Å²) in [5, 5.41) is 0. The Morgan fingerprint density at radius 3 is 0.239 bits per heavy atom. The maximum absolute atomic E-state index is 8.72. The Labute approximate surface area is 799 Å². The first-order chi connectivity index (χ1) is 24.2. The molecule has 0 aliphatic carbocycles. The Bertz CT molecular complexity index is 762. The summed E-state index contributed by atoms with van der Waals surface area (Å²) in [5.74, 6) is 0. The van der Waals surface area contributed by atoms with E-state index in [4.69, 9.17) is 139 Å². The van der Waals surface area contributed by atoms with Gasteiger partial charge in [-0.05, 0) is 0 Å². The van der Waals surface area contributed by atoms with Crippen molar-refractivity contribution in [2.24, 2.45) is 0 Å². The van der Waals surface area contributed by atoms with Crippen LogP contribution in [0.4, 0.5) is 0 Å². The zero-order valence-electron chi connectivity index (χ0n) is 30.7. The first kappa shape index (κ1) is 168. The van der Waals surface area contributed by atoms with E-state index in [2.05, 4.69) is 0 Å². The van der Waals surface area contributed by atoms with Gasteiger partial charge in [-0.3, -0.25) is 0 Å². The summed E-state index contributed by atoms with van der Waals surface area (Å²) in [7, 11) is 0. The Hall–Kier alpha value is 20.4. The van der Waals surface area contributed by atoms with Crippen LogP contribution in [0.2, 0.25) is 0 Å². The van der Waals surface area contributed by atoms with Crippen molar-refractivity contribution in [2.45, 2.75) is 0 Å². The predicted octanol–water partition coefficient (Wildman–Crippen LogP) is -36.4. The van der Waals surface area contributed by atoms with E-state index in [1.165, 1.54) is 0 Å². The molecule has 0 bridgehead atoms. The zero-order valence-corrected chi connectivity index (χ0v) is 102. The molecule has 0 saturated carbocycles. The first-order valence-electron chi connectivity index (χ1n) is 8.61. The topological polar surface area (TPSA) is 879 Å². The quantitative estimate of drug-likeness (QED) is 0.213. The van der Waals surface area contributed by atoms with E-state index >= 15 is 0 Å². The van der Waals surface area contributed by atoms with Crippen molar-refractivity contribution in [2.75, 3.05) is 0 Å². The summed E-state index contributed by atoms with van der Waals surface area (Å²) < 4.78 is 359. The van der Waals surface area contributed by atoms with Gasteiger partial charge in [0, 0.05) is 0 Å². The van der Waals surface area contributed by atoms with Crippen LogP contribution >= 0.6 is 0 Å². The maximum Gasteiger partial charge on any atom is 2.00 e. The standard InChI is InChI=1S/3Ba.4La.2H2O.40O.4Pb.7Ti.7Zr/h;;;;;;;2*1H2;;;;;;;;;;;;;;;;;;;;;;;;;;;;;;;;;;;;;;;;;;;;;;;;;;;;;;;;;;/q3*+2;4*+3;;;;;;;;;;;;;;;;;26*-1;4*+2;;;;;;;;;;;;;2*+1/p-2. The minimum Gasteiger partial charge on any atom is 2.00 e. The second-order valence-electron chi connectivity index (χ2n) is 3.53. The van der Waals surface area contributed by atoms with Crippen molar-refractivity contribution in [3.63, 3.8) is 0 Å². The molecule has 42 nitrogen and oxygen atoms in total. The van der Waals surface area contributed by atoms with Crippen molar-refractivity contribution < 1.29 is 570 Å². The molecule has 0 amide bonds. The summed E-state index contributed by atoms with van der Waals surface area (Å²) in [6.45, 7) is 0. The average molecular weight is 3440 g/mol. The molecule has 0 fully saturated rings. The van der Waals surface area contributed by atoms with Crippen LogP contribution in [0, 0.1) is 142 Å². The number of rotatable bonds is 0. The van der Waals surface area contributed by atoms with E-state index in [1.807, 2.05) is 0 Å². The molecule has 2 N–H and O–H groups in total. The second-order valence-corrected chi connectivity index (χ2v) is 17.8. The average Bonchev–Trinajstić information content (AvgIpc) is 2.73. The van der Waals surface area contributed by atoms with E-state index in [9.17, 15) is 0 Å². The van der Waals surface area contributed by atoms with Crippen LogP contribution in [0.1, 0.15) is 0 Å². The molecular weight excluding hydrogens is 3440 g/mol. The van der Waals surface area contributed by atoms with Crippen LogP contribution in [0.15, 0.2) is 0 Å². The largest absolute Gasteiger partial charge is 2.00 e. The van der Waals surface area contributed by atoms with Gasteiger partial charge in [0.15, 0.2) is 0 Å². The van der Waals surface area contributed by atoms with Crippen LogP contribution in [-0.4, -0.2) is 262 Å². The molecule has 0 spiro atoms. The van der Waals surface area contributed by atoms with E-state index in [0.717, 1.165) is 0 Å². The van der Waals surface area contributed by atoms with Gasteiger partial charge in [-0.15, -0.1) is 0 Å². The van der Waals surface area contributed by atoms with Gasteiger partial charge in [0.25, 0.3) is 0 Å². The van der Waals surface area contributed by atoms with Crippen molar-refractivity contribution in [1.82, 2.24) is 0 Å². The third-order valence-corrected chi connectivity index (χ3v) is 0. The molecule has 0 atom stereocenters. The fourth-order valence-electron chi connectivity index (χ4n) is 0. The Morgan fingerprint density at radius 2 is 0.239 bits per heavy atom. The van der Waals surface area contributed by atoms with E-state index in [1.54, 1.807) is 0 Å². The van der Waals surface area contributed by atoms with Crippen LogP contribution < -0.4 is 89.8 Å². The minimum atomic E-state index is -4.29. The SMILES string of the molecule is [Ba+2].[Ba+2].[Ba+2].[La+3].[La+3].[La+3].[La+3].[O]=[Ti]([O-])[O-].[O]=[Ti]([O-])[O-].[O]=[Ti]([O-])[O-].[O]=[Ti]([O-])[O-].[O]=[Ti]([O-])[O-].[O]=[Ti]([O-])[O-].[O]=[Ti]([O-])[O-].[O]=[Zr]([O-])[O-].[O]=[Zr]([O-])[O-].[O]=[Zr]([O-])[O-].[O]=[Zr]([O-])[O-].[O]=[Zr]([O-])[O-].[O]=[Zr]([O-])[OH].[O]=[Zr]([O-])[OH].[Pb+2].[Pb+2].[Pb+2].[Pb+2]. The van der Waals surface area contributed by atoms with Crippen LogP contribution in [-0.2, 0) is 332 Å². The summed E-state index contributed by atoms with van der Waals surface area (Å²) in [4.78, 5) is 0. The Balaban J connectivity index is -0.0000000122. The summed E-state index contributed by atoms with van der Waals surface area (Å²) in [6.07, 6.45) is 0. The first-order valence-corrected chi connectivity index (χ1v) is 43.3. The summed E-state index contributed by atoms with van der Waals surface area (Å²) >= 11 is -58.1. The normalized spacial score (nSPS) is 5.43. The second kappa shape index (κ2) is 162. The van der Waals surface area contributed by atoms with Gasteiger partial charge < -0.3 is 0 Å². The third-order valence-electron chi connectivity index (χ3n) is 0. The van der Waals surface area contributed by atoms with Crippen LogP contribution in [0.5, 0.6) is 0 Å². The summed E-state index contributed by atoms with van der Waals surface area (Å²) in [5.41, 5.74) is 0. The molecule has 0 aromatic rings. The van der Waals surface area contributed by atoms with Gasteiger partial charge in [0.2, 0.25) is 0 Å². The van der Waals surface area contributed by atoms with Crippen LogP contribution in [0.25, 0.3) is 0 Å². The van der Waals surface area contributed by atoms with Gasteiger partial charge in [-0.25, -0.2) is 0 Å². The number of hydrogen-bond donors (Lipinski definition) is 2. The molecule has 0 rings (SSSR count). The van der Waals surface area contributed by atoms with Gasteiger partial charge >= 0.3 is 826 Å². The molecule has 67 heavy (non-hydrogen) atoms. The molecule has 0 aromatic carbocycles. The molecule has 67 heteroatoms. The summed E-state index contributed by atoms with van der Waals surface area (Å²) in [6, 6.07) is 0. The fourth-order valence-corrected chi connectivity index (χ4v) is 0. The van der Waals surface area contributed by atoms with Crippen LogP contribution in [0.3, 0.4) is 0 Å². The smallest absolute Gasteiger partial charge is 2.00 e. The number of hydrogen-bond acceptors (Lipinski definition) is 40. The van der Waals surface area contributed by atoms with Crippen molar-refractivity contribution in [1.29, 1.82) is 0 Å². The minimum absolute atomic E-state index is 0. The molecular formula is H2Ba3La4O42Pb4Ti7Zr7. The molecule has 0 saturated heterocycles. The van der Waals surface area contributed by atoms with Gasteiger partial charge in [0.1, 0.15) is 0 Å². The van der Waals surface area contributed by atoms with Gasteiger partial charge in [0.05, 0.1) is 0 Å². The zero-order chi connectivity index (χ0) is 50.1. The molecule has 8 radical (unpaired) electrons. The van der Waals surface area contributed by atoms with E-state index < -0.39 is 289 Å². The van der Waals surface area contributed by atoms with Crippen molar-refractivity contribution >= 4 is 256 Å². The van der Waals surface area contributed by atoms with Gasteiger partial charge in [-0.2, -0.15) is 0 Å². The van der Waals surface area contributed by atoms with E-state index in [-0.39, 0.29) is 398 Å². The Kier molecular flexibility index (Phi) is 405. The molecule has 0 aliphatic rings. The molecule has 0 heterocycles. The van der Waals surface area contributed by atoms with Crippen molar-refractivity contribution in [3.05, 3.63) is 0 Å². The molecule has 344 valence electrons.